The molecular formula is C16H21ClN2O4S. The van der Waals surface area contributed by atoms with E-state index in [0.717, 1.165) is 12.8 Å². The minimum absolute atomic E-state index is 0.0696. The molecule has 0 bridgehead atoms. The number of benzene rings is 1. The van der Waals surface area contributed by atoms with Crippen LogP contribution in [-0.4, -0.2) is 39.1 Å². The summed E-state index contributed by atoms with van der Waals surface area (Å²) in [6, 6.07) is 4.22. The molecule has 3 atom stereocenters. The first-order valence-corrected chi connectivity index (χ1v) is 9.93. The van der Waals surface area contributed by atoms with Crippen LogP contribution >= 0.6 is 11.6 Å². The molecule has 2 aliphatic rings. The summed E-state index contributed by atoms with van der Waals surface area (Å²) in [7, 11) is -3.79. The zero-order valence-electron chi connectivity index (χ0n) is 13.4. The Morgan fingerprint density at radius 1 is 1.33 bits per heavy atom. The quantitative estimate of drug-likeness (QED) is 0.843. The second-order valence-corrected chi connectivity index (χ2v) is 8.36. The molecule has 2 heterocycles. The molecule has 8 heteroatoms. The third-order valence-corrected chi connectivity index (χ3v) is 6.67. The molecule has 132 valence electrons. The summed E-state index contributed by atoms with van der Waals surface area (Å²) in [6.07, 6.45) is 2.31. The van der Waals surface area contributed by atoms with E-state index in [2.05, 4.69) is 10.0 Å². The standard InChI is InChI=1S/C16H21ClN2O4S/c1-10-4-2-5-11(17)16(10)24(21,22)19-12-7-8-14(20)18-15(12)13-6-3-9-23-13/h2,4-5,12-13,15,19H,3,6-9H2,1H3,(H,18,20). The Morgan fingerprint density at radius 2 is 2.12 bits per heavy atom. The molecule has 0 aliphatic carbocycles. The molecule has 2 N–H and O–H groups in total. The van der Waals surface area contributed by atoms with E-state index in [9.17, 15) is 13.2 Å². The lowest BCUT2D eigenvalue weighted by molar-refractivity contribution is -0.125. The lowest BCUT2D eigenvalue weighted by Gasteiger charge is -2.36. The van der Waals surface area contributed by atoms with Gasteiger partial charge in [-0.3, -0.25) is 4.79 Å². The van der Waals surface area contributed by atoms with Crippen molar-refractivity contribution in [2.75, 3.05) is 6.61 Å². The number of halogens is 1. The van der Waals surface area contributed by atoms with Crippen molar-refractivity contribution in [1.29, 1.82) is 0 Å². The van der Waals surface area contributed by atoms with Crippen LogP contribution in [0.15, 0.2) is 23.1 Å². The Morgan fingerprint density at radius 3 is 2.79 bits per heavy atom. The van der Waals surface area contributed by atoms with Crippen molar-refractivity contribution in [1.82, 2.24) is 10.0 Å². The molecule has 6 nitrogen and oxygen atoms in total. The molecule has 0 spiro atoms. The molecular weight excluding hydrogens is 352 g/mol. The number of aryl methyl sites for hydroxylation is 1. The van der Waals surface area contributed by atoms with Crippen molar-refractivity contribution < 1.29 is 17.9 Å². The Bertz CT molecular complexity index is 711. The average Bonchev–Trinajstić information content (AvgIpc) is 3.02. The van der Waals surface area contributed by atoms with Gasteiger partial charge in [0.05, 0.1) is 17.2 Å². The van der Waals surface area contributed by atoms with Gasteiger partial charge in [-0.25, -0.2) is 13.1 Å². The van der Waals surface area contributed by atoms with Gasteiger partial charge in [0.25, 0.3) is 0 Å². The van der Waals surface area contributed by atoms with Gasteiger partial charge in [-0.05, 0) is 37.8 Å². The van der Waals surface area contributed by atoms with Gasteiger partial charge in [0.15, 0.2) is 0 Å². The van der Waals surface area contributed by atoms with E-state index in [1.54, 1.807) is 25.1 Å². The molecule has 2 saturated heterocycles. The van der Waals surface area contributed by atoms with Crippen molar-refractivity contribution >= 4 is 27.5 Å². The number of sulfonamides is 1. The first-order chi connectivity index (χ1) is 11.4. The normalized spacial score (nSPS) is 27.9. The molecule has 0 radical (unpaired) electrons. The lowest BCUT2D eigenvalue weighted by atomic mass is 9.93. The average molecular weight is 373 g/mol. The van der Waals surface area contributed by atoms with Crippen LogP contribution in [0.25, 0.3) is 0 Å². The summed E-state index contributed by atoms with van der Waals surface area (Å²) >= 11 is 6.10. The lowest BCUT2D eigenvalue weighted by Crippen LogP contribution is -2.60. The van der Waals surface area contributed by atoms with Gasteiger partial charge in [-0.15, -0.1) is 0 Å². The van der Waals surface area contributed by atoms with Gasteiger partial charge in [0.1, 0.15) is 4.90 Å². The minimum Gasteiger partial charge on any atom is -0.376 e. The molecule has 1 aromatic rings. The molecule has 2 fully saturated rings. The van der Waals surface area contributed by atoms with Gasteiger partial charge >= 0.3 is 0 Å². The van der Waals surface area contributed by atoms with Crippen molar-refractivity contribution in [2.24, 2.45) is 0 Å². The number of ether oxygens (including phenoxy) is 1. The zero-order valence-corrected chi connectivity index (χ0v) is 15.0. The largest absolute Gasteiger partial charge is 0.376 e. The van der Waals surface area contributed by atoms with Crippen molar-refractivity contribution in [3.63, 3.8) is 0 Å². The second kappa shape index (κ2) is 7.00. The van der Waals surface area contributed by atoms with E-state index >= 15 is 0 Å². The van der Waals surface area contributed by atoms with E-state index in [1.807, 2.05) is 0 Å². The fourth-order valence-corrected chi connectivity index (χ4v) is 5.53. The molecule has 0 aromatic heterocycles. The van der Waals surface area contributed by atoms with Crippen LogP contribution in [0.3, 0.4) is 0 Å². The molecule has 0 saturated carbocycles. The molecule has 24 heavy (non-hydrogen) atoms. The van der Waals surface area contributed by atoms with Crippen molar-refractivity contribution in [3.05, 3.63) is 28.8 Å². The summed E-state index contributed by atoms with van der Waals surface area (Å²) in [6.45, 7) is 2.35. The number of amides is 1. The fraction of sp³-hybridized carbons (Fsp3) is 0.562. The number of nitrogens with one attached hydrogen (secondary N) is 2. The van der Waals surface area contributed by atoms with E-state index in [-0.39, 0.29) is 34.4 Å². The Kier molecular flexibility index (Phi) is 5.15. The Hall–Kier alpha value is -1.15. The third-order valence-electron chi connectivity index (χ3n) is 4.55. The summed E-state index contributed by atoms with van der Waals surface area (Å²) in [5.41, 5.74) is 0.587. The summed E-state index contributed by atoms with van der Waals surface area (Å²) in [5.74, 6) is -0.0696. The highest BCUT2D eigenvalue weighted by Gasteiger charge is 2.39. The molecule has 3 unspecified atom stereocenters. The van der Waals surface area contributed by atoms with E-state index in [1.165, 1.54) is 0 Å². The third kappa shape index (κ3) is 3.59. The van der Waals surface area contributed by atoms with Crippen molar-refractivity contribution in [3.8, 4) is 0 Å². The maximum absolute atomic E-state index is 12.8. The summed E-state index contributed by atoms with van der Waals surface area (Å²) in [4.78, 5) is 11.8. The van der Waals surface area contributed by atoms with Crippen LogP contribution in [0.2, 0.25) is 5.02 Å². The molecule has 2 aliphatic heterocycles. The van der Waals surface area contributed by atoms with Crippen LogP contribution in [-0.2, 0) is 19.6 Å². The van der Waals surface area contributed by atoms with Crippen LogP contribution < -0.4 is 10.0 Å². The fourth-order valence-electron chi connectivity index (χ4n) is 3.41. The smallest absolute Gasteiger partial charge is 0.242 e. The first-order valence-electron chi connectivity index (χ1n) is 8.07. The van der Waals surface area contributed by atoms with E-state index in [0.29, 0.717) is 18.6 Å². The van der Waals surface area contributed by atoms with Crippen LogP contribution in [0, 0.1) is 6.92 Å². The number of carbonyl (C=O) groups is 1. The topological polar surface area (TPSA) is 84.5 Å². The van der Waals surface area contributed by atoms with Crippen molar-refractivity contribution in [2.45, 2.75) is 55.7 Å². The number of hydrogen-bond donors (Lipinski definition) is 2. The van der Waals surface area contributed by atoms with Gasteiger partial charge in [0, 0.05) is 19.1 Å². The van der Waals surface area contributed by atoms with Crippen LogP contribution in [0.1, 0.15) is 31.2 Å². The summed E-state index contributed by atoms with van der Waals surface area (Å²) < 4.78 is 34.1. The number of hydrogen-bond acceptors (Lipinski definition) is 4. The number of carbonyl (C=O) groups excluding carboxylic acids is 1. The predicted octanol–water partition coefficient (Wildman–Crippen LogP) is 1.75. The minimum atomic E-state index is -3.79. The Labute approximate surface area is 147 Å². The highest BCUT2D eigenvalue weighted by molar-refractivity contribution is 7.89. The number of piperidine rings is 1. The monoisotopic (exact) mass is 372 g/mol. The zero-order chi connectivity index (χ0) is 17.3. The highest BCUT2D eigenvalue weighted by atomic mass is 35.5. The number of rotatable bonds is 4. The van der Waals surface area contributed by atoms with Gasteiger partial charge in [0.2, 0.25) is 15.9 Å². The first kappa shape index (κ1) is 17.7. The van der Waals surface area contributed by atoms with E-state index < -0.39 is 16.1 Å². The van der Waals surface area contributed by atoms with Gasteiger partial charge in [-0.1, -0.05) is 23.7 Å². The summed E-state index contributed by atoms with van der Waals surface area (Å²) in [5, 5.41) is 3.08. The predicted molar refractivity (Wildman–Crippen MR) is 90.4 cm³/mol. The van der Waals surface area contributed by atoms with Gasteiger partial charge in [-0.2, -0.15) is 0 Å². The Balaban J connectivity index is 1.85. The molecule has 1 aromatic carbocycles. The van der Waals surface area contributed by atoms with Crippen LogP contribution in [0.5, 0.6) is 0 Å². The maximum Gasteiger partial charge on any atom is 0.242 e. The van der Waals surface area contributed by atoms with Crippen LogP contribution in [0.4, 0.5) is 0 Å². The van der Waals surface area contributed by atoms with E-state index in [4.69, 9.17) is 16.3 Å². The molecule has 1 amide bonds. The SMILES string of the molecule is Cc1cccc(Cl)c1S(=O)(=O)NC1CCC(=O)NC1C1CCCO1. The maximum atomic E-state index is 12.8. The highest BCUT2D eigenvalue weighted by Crippen LogP contribution is 2.27. The second-order valence-electron chi connectivity index (χ2n) is 6.30. The van der Waals surface area contributed by atoms with Gasteiger partial charge < -0.3 is 10.1 Å². The molecule has 3 rings (SSSR count).